The van der Waals surface area contributed by atoms with Gasteiger partial charge >= 0.3 is 0 Å². The summed E-state index contributed by atoms with van der Waals surface area (Å²) in [6.45, 7) is 1.24. The van der Waals surface area contributed by atoms with E-state index in [4.69, 9.17) is 12.2 Å². The van der Waals surface area contributed by atoms with Gasteiger partial charge in [0.1, 0.15) is 5.54 Å². The summed E-state index contributed by atoms with van der Waals surface area (Å²) in [6, 6.07) is 20.5. The van der Waals surface area contributed by atoms with E-state index in [0.29, 0.717) is 24.1 Å². The van der Waals surface area contributed by atoms with Crippen molar-refractivity contribution in [2.24, 2.45) is 11.8 Å². The van der Waals surface area contributed by atoms with Crippen LogP contribution in [0.1, 0.15) is 24.0 Å². The quantitative estimate of drug-likeness (QED) is 0.593. The number of hydrogen-bond donors (Lipinski definition) is 0. The van der Waals surface area contributed by atoms with Crippen molar-refractivity contribution >= 4 is 23.2 Å². The van der Waals surface area contributed by atoms with Crippen LogP contribution in [-0.2, 0) is 17.9 Å². The maximum absolute atomic E-state index is 13.7. The number of nitrogens with zero attached hydrogens (tertiary/aromatic N) is 2. The van der Waals surface area contributed by atoms with Gasteiger partial charge in [0.2, 0.25) is 0 Å². The van der Waals surface area contributed by atoms with Gasteiger partial charge in [-0.3, -0.25) is 9.69 Å². The summed E-state index contributed by atoms with van der Waals surface area (Å²) in [6.07, 6.45) is 6.48. The number of thiocarbonyl (C=S) groups is 1. The van der Waals surface area contributed by atoms with Crippen LogP contribution in [0.3, 0.4) is 0 Å². The zero-order chi connectivity index (χ0) is 18.4. The molecule has 0 unspecified atom stereocenters. The number of allylic oxidation sites excluding steroid dienone is 1. The highest BCUT2D eigenvalue weighted by Crippen LogP contribution is 2.53. The molecule has 1 saturated heterocycles. The lowest BCUT2D eigenvalue weighted by molar-refractivity contribution is -0.135. The van der Waals surface area contributed by atoms with Crippen LogP contribution in [0.4, 0.5) is 0 Å². The molecule has 0 radical (unpaired) electrons. The van der Waals surface area contributed by atoms with Crippen molar-refractivity contribution < 1.29 is 4.79 Å². The average Bonchev–Trinajstić information content (AvgIpc) is 3.36. The summed E-state index contributed by atoms with van der Waals surface area (Å²) in [4.78, 5) is 17.8. The van der Waals surface area contributed by atoms with E-state index in [1.165, 1.54) is 5.56 Å². The smallest absolute Gasteiger partial charge is 0.255 e. The molecule has 1 heterocycles. The Morgan fingerprint density at radius 3 is 2.11 bits per heavy atom. The molecule has 2 aromatic rings. The number of rotatable bonds is 4. The maximum Gasteiger partial charge on any atom is 0.255 e. The Kier molecular flexibility index (Phi) is 3.90. The van der Waals surface area contributed by atoms with E-state index in [1.807, 2.05) is 41.3 Å². The first kappa shape index (κ1) is 16.7. The zero-order valence-corrected chi connectivity index (χ0v) is 15.9. The van der Waals surface area contributed by atoms with Gasteiger partial charge in [-0.1, -0.05) is 72.8 Å². The van der Waals surface area contributed by atoms with Crippen LogP contribution < -0.4 is 0 Å². The van der Waals surface area contributed by atoms with Crippen molar-refractivity contribution in [3.05, 3.63) is 83.9 Å². The molecule has 5 rings (SSSR count). The molecule has 136 valence electrons. The SMILES string of the molecule is O=C1N(Cc2ccccc2)C(=S)N(Cc2ccccc2)[C@]12C[C@H]1C=C[C@@H]2C1. The maximum atomic E-state index is 13.7. The van der Waals surface area contributed by atoms with Crippen molar-refractivity contribution in [1.29, 1.82) is 0 Å². The fourth-order valence-electron chi connectivity index (χ4n) is 5.02. The van der Waals surface area contributed by atoms with Crippen molar-refractivity contribution in [3.63, 3.8) is 0 Å². The van der Waals surface area contributed by atoms with Gasteiger partial charge < -0.3 is 4.90 Å². The summed E-state index contributed by atoms with van der Waals surface area (Å²) in [5.41, 5.74) is 1.81. The van der Waals surface area contributed by atoms with Gasteiger partial charge in [0.05, 0.1) is 6.54 Å². The van der Waals surface area contributed by atoms with Gasteiger partial charge in [-0.2, -0.15) is 0 Å². The van der Waals surface area contributed by atoms with E-state index in [0.717, 1.165) is 18.4 Å². The van der Waals surface area contributed by atoms with Crippen molar-refractivity contribution in [2.45, 2.75) is 31.5 Å². The molecule has 3 aliphatic rings. The van der Waals surface area contributed by atoms with E-state index in [-0.39, 0.29) is 11.8 Å². The van der Waals surface area contributed by atoms with Crippen LogP contribution in [0.25, 0.3) is 0 Å². The minimum Gasteiger partial charge on any atom is -0.329 e. The predicted octanol–water partition coefficient (Wildman–Crippen LogP) is 4.15. The lowest BCUT2D eigenvalue weighted by Crippen LogP contribution is -2.52. The van der Waals surface area contributed by atoms with Crippen LogP contribution in [-0.4, -0.2) is 26.4 Å². The van der Waals surface area contributed by atoms with Gasteiger partial charge in [-0.25, -0.2) is 0 Å². The van der Waals surface area contributed by atoms with E-state index < -0.39 is 5.54 Å². The predicted molar refractivity (Wildman–Crippen MR) is 110 cm³/mol. The number of hydrogen-bond acceptors (Lipinski definition) is 2. The Morgan fingerprint density at radius 2 is 1.56 bits per heavy atom. The second-order valence-electron chi connectivity index (χ2n) is 7.85. The van der Waals surface area contributed by atoms with Gasteiger partial charge in [0, 0.05) is 12.5 Å². The molecular weight excluding hydrogens is 352 g/mol. The molecule has 27 heavy (non-hydrogen) atoms. The molecule has 0 aromatic heterocycles. The second-order valence-corrected chi connectivity index (χ2v) is 8.21. The topological polar surface area (TPSA) is 23.6 Å². The van der Waals surface area contributed by atoms with Crippen LogP contribution in [0.2, 0.25) is 0 Å². The third kappa shape index (κ3) is 2.54. The highest BCUT2D eigenvalue weighted by atomic mass is 32.1. The molecule has 2 aromatic carbocycles. The van der Waals surface area contributed by atoms with Crippen molar-refractivity contribution in [2.75, 3.05) is 0 Å². The van der Waals surface area contributed by atoms with E-state index in [1.54, 1.807) is 0 Å². The molecular formula is C23H22N2OS. The largest absolute Gasteiger partial charge is 0.329 e. The Bertz CT molecular complexity index is 910. The third-order valence-corrected chi connectivity index (χ3v) is 6.73. The molecule has 2 aliphatic carbocycles. The first-order chi connectivity index (χ1) is 13.2. The number of carbonyl (C=O) groups excluding carboxylic acids is 1. The normalized spacial score (nSPS) is 28.7. The number of carbonyl (C=O) groups is 1. The standard InChI is InChI=1S/C23H22N2OS/c26-21-23(14-19-11-12-20(23)13-19)25(16-18-9-5-2-6-10-18)22(27)24(21)15-17-7-3-1-4-8-17/h1-12,19-20H,13-16H2/t19-,20+,23-/m0/s1. The fraction of sp³-hybridized carbons (Fsp3) is 0.304. The highest BCUT2D eigenvalue weighted by molar-refractivity contribution is 7.80. The van der Waals surface area contributed by atoms with Crippen LogP contribution in [0, 0.1) is 11.8 Å². The first-order valence-corrected chi connectivity index (χ1v) is 9.99. The Balaban J connectivity index is 1.52. The zero-order valence-electron chi connectivity index (χ0n) is 15.1. The van der Waals surface area contributed by atoms with Gasteiger partial charge in [0.15, 0.2) is 5.11 Å². The van der Waals surface area contributed by atoms with E-state index in [9.17, 15) is 4.79 Å². The summed E-state index contributed by atoms with van der Waals surface area (Å²) in [5.74, 6) is 0.943. The minimum atomic E-state index is -0.499. The number of amides is 1. The lowest BCUT2D eigenvalue weighted by atomic mass is 9.82. The molecule has 3 nitrogen and oxygen atoms in total. The molecule has 2 bridgehead atoms. The van der Waals surface area contributed by atoms with Crippen LogP contribution >= 0.6 is 12.2 Å². The van der Waals surface area contributed by atoms with Gasteiger partial charge in [0.25, 0.3) is 5.91 Å². The number of fused-ring (bicyclic) bond motifs is 3. The van der Waals surface area contributed by atoms with Crippen LogP contribution in [0.15, 0.2) is 72.8 Å². The van der Waals surface area contributed by atoms with Crippen molar-refractivity contribution in [1.82, 2.24) is 9.80 Å². The molecule has 4 heteroatoms. The van der Waals surface area contributed by atoms with E-state index >= 15 is 0 Å². The van der Waals surface area contributed by atoms with E-state index in [2.05, 4.69) is 41.3 Å². The second kappa shape index (κ2) is 6.31. The molecule has 1 aliphatic heterocycles. The first-order valence-electron chi connectivity index (χ1n) is 9.58. The Hall–Kier alpha value is -2.46. The van der Waals surface area contributed by atoms with Gasteiger partial charge in [-0.05, 0) is 42.1 Å². The number of benzene rings is 2. The average molecular weight is 375 g/mol. The fourth-order valence-corrected chi connectivity index (χ4v) is 5.39. The summed E-state index contributed by atoms with van der Waals surface area (Å²) in [7, 11) is 0. The third-order valence-electron chi connectivity index (χ3n) is 6.29. The Labute approximate surface area is 165 Å². The molecule has 1 saturated carbocycles. The molecule has 0 N–H and O–H groups in total. The summed E-state index contributed by atoms with van der Waals surface area (Å²) >= 11 is 5.87. The summed E-state index contributed by atoms with van der Waals surface area (Å²) < 4.78 is 0. The molecule has 1 amide bonds. The van der Waals surface area contributed by atoms with Gasteiger partial charge in [-0.15, -0.1) is 0 Å². The molecule has 2 fully saturated rings. The lowest BCUT2D eigenvalue weighted by Gasteiger charge is -2.38. The Morgan fingerprint density at radius 1 is 0.926 bits per heavy atom. The molecule has 1 spiro atoms. The van der Waals surface area contributed by atoms with Crippen LogP contribution in [0.5, 0.6) is 0 Å². The van der Waals surface area contributed by atoms with Crippen molar-refractivity contribution in [3.8, 4) is 0 Å². The minimum absolute atomic E-state index is 0.184. The summed E-state index contributed by atoms with van der Waals surface area (Å²) in [5, 5.41) is 0.675. The molecule has 3 atom stereocenters. The monoisotopic (exact) mass is 374 g/mol. The highest BCUT2D eigenvalue weighted by Gasteiger charge is 2.63.